The van der Waals surface area contributed by atoms with Gasteiger partial charge >= 0.3 is 0 Å². The summed E-state index contributed by atoms with van der Waals surface area (Å²) >= 11 is 0. The van der Waals surface area contributed by atoms with E-state index in [1.54, 1.807) is 0 Å². The number of hydrogen-bond donors (Lipinski definition) is 2. The number of alkyl halides is 1. The molecule has 0 radical (unpaired) electrons. The molecule has 1 heterocycles. The Morgan fingerprint density at radius 1 is 1.44 bits per heavy atom. The van der Waals surface area contributed by atoms with Gasteiger partial charge in [-0.2, -0.15) is 0 Å². The van der Waals surface area contributed by atoms with Crippen LogP contribution in [0.1, 0.15) is 0 Å². The molecule has 4 heteroatoms. The molecule has 1 aliphatic rings. The zero-order valence-electron chi connectivity index (χ0n) is 4.93. The van der Waals surface area contributed by atoms with Gasteiger partial charge in [-0.3, -0.25) is 5.32 Å². The fraction of sp³-hybridized carbons (Fsp3) is 0.800. The van der Waals surface area contributed by atoms with Crippen molar-refractivity contribution >= 4 is 6.29 Å². The average Bonchev–Trinajstić information content (AvgIpc) is 1.89. The summed E-state index contributed by atoms with van der Waals surface area (Å²) in [4.78, 5) is 10.0. The van der Waals surface area contributed by atoms with Gasteiger partial charge in [0.1, 0.15) is 12.3 Å². The second-order valence-corrected chi connectivity index (χ2v) is 1.97. The van der Waals surface area contributed by atoms with Crippen LogP contribution < -0.4 is 10.6 Å². The molecule has 0 saturated carbocycles. The molecule has 0 aromatic carbocycles. The third-order valence-corrected chi connectivity index (χ3v) is 1.31. The fourth-order valence-electron chi connectivity index (χ4n) is 0.796. The standard InChI is InChI=1S/C5H9FN2O/c6-5-4(3-9)7-1-2-8-5/h3-5,7-8H,1-2H2/t4?,5-/m1/s1. The van der Waals surface area contributed by atoms with Gasteiger partial charge in [-0.05, 0) is 0 Å². The van der Waals surface area contributed by atoms with Gasteiger partial charge in [0, 0.05) is 13.1 Å². The van der Waals surface area contributed by atoms with E-state index in [1.165, 1.54) is 0 Å². The predicted molar refractivity (Wildman–Crippen MR) is 30.8 cm³/mol. The molecule has 0 bridgehead atoms. The number of rotatable bonds is 1. The Morgan fingerprint density at radius 2 is 2.11 bits per heavy atom. The molecule has 0 amide bonds. The monoisotopic (exact) mass is 132 g/mol. The van der Waals surface area contributed by atoms with Crippen molar-refractivity contribution in [3.63, 3.8) is 0 Å². The van der Waals surface area contributed by atoms with E-state index in [2.05, 4.69) is 10.6 Å². The van der Waals surface area contributed by atoms with Crippen molar-refractivity contribution in [2.24, 2.45) is 0 Å². The summed E-state index contributed by atoms with van der Waals surface area (Å²) < 4.78 is 12.4. The first-order chi connectivity index (χ1) is 4.34. The Bertz CT molecular complexity index is 109. The molecule has 9 heavy (non-hydrogen) atoms. The van der Waals surface area contributed by atoms with E-state index in [0.717, 1.165) is 0 Å². The summed E-state index contributed by atoms with van der Waals surface area (Å²) in [5.41, 5.74) is 0. The molecule has 52 valence electrons. The molecule has 0 aromatic rings. The van der Waals surface area contributed by atoms with Crippen LogP contribution in [0, 0.1) is 0 Å². The van der Waals surface area contributed by atoms with Crippen molar-refractivity contribution in [2.75, 3.05) is 13.1 Å². The smallest absolute Gasteiger partial charge is 0.173 e. The largest absolute Gasteiger partial charge is 0.303 e. The summed E-state index contributed by atoms with van der Waals surface area (Å²) in [6.07, 6.45) is -0.632. The van der Waals surface area contributed by atoms with Crippen LogP contribution in [-0.2, 0) is 4.79 Å². The summed E-state index contributed by atoms with van der Waals surface area (Å²) in [6.45, 7) is 1.25. The molecule has 0 spiro atoms. The molecule has 1 saturated heterocycles. The number of halogens is 1. The highest BCUT2D eigenvalue weighted by atomic mass is 19.1. The highest BCUT2D eigenvalue weighted by Crippen LogP contribution is 1.95. The molecular weight excluding hydrogens is 123 g/mol. The van der Waals surface area contributed by atoms with Gasteiger partial charge in [0.25, 0.3) is 0 Å². The van der Waals surface area contributed by atoms with Crippen LogP contribution in [0.2, 0.25) is 0 Å². The number of nitrogens with one attached hydrogen (secondary N) is 2. The number of aldehydes is 1. The minimum Gasteiger partial charge on any atom is -0.303 e. The lowest BCUT2D eigenvalue weighted by Gasteiger charge is -2.23. The van der Waals surface area contributed by atoms with E-state index in [1.807, 2.05) is 0 Å². The van der Waals surface area contributed by atoms with E-state index >= 15 is 0 Å². The molecule has 1 rings (SSSR count). The number of carbonyl (C=O) groups is 1. The van der Waals surface area contributed by atoms with E-state index < -0.39 is 12.3 Å². The second-order valence-electron chi connectivity index (χ2n) is 1.97. The van der Waals surface area contributed by atoms with Crippen LogP contribution in [0.25, 0.3) is 0 Å². The van der Waals surface area contributed by atoms with Crippen molar-refractivity contribution < 1.29 is 9.18 Å². The van der Waals surface area contributed by atoms with E-state index in [-0.39, 0.29) is 0 Å². The third kappa shape index (κ3) is 1.46. The topological polar surface area (TPSA) is 41.1 Å². The van der Waals surface area contributed by atoms with Gasteiger partial charge in [0.05, 0.1) is 0 Å². The summed E-state index contributed by atoms with van der Waals surface area (Å²) in [5.74, 6) is 0. The fourth-order valence-corrected chi connectivity index (χ4v) is 0.796. The van der Waals surface area contributed by atoms with Crippen molar-refractivity contribution in [1.82, 2.24) is 10.6 Å². The Kier molecular flexibility index (Phi) is 2.13. The summed E-state index contributed by atoms with van der Waals surface area (Å²) in [6, 6.07) is -0.654. The lowest BCUT2D eigenvalue weighted by atomic mass is 10.2. The van der Waals surface area contributed by atoms with E-state index in [4.69, 9.17) is 0 Å². The maximum atomic E-state index is 12.4. The first-order valence-corrected chi connectivity index (χ1v) is 2.91. The first-order valence-electron chi connectivity index (χ1n) is 2.91. The van der Waals surface area contributed by atoms with Crippen LogP contribution in [0.5, 0.6) is 0 Å². The second kappa shape index (κ2) is 2.89. The van der Waals surface area contributed by atoms with Crippen LogP contribution in [0.15, 0.2) is 0 Å². The Morgan fingerprint density at radius 3 is 2.56 bits per heavy atom. The SMILES string of the molecule is O=CC1NCCN[C@H]1F. The molecule has 1 unspecified atom stereocenters. The van der Waals surface area contributed by atoms with Crippen LogP contribution in [0.3, 0.4) is 0 Å². The minimum absolute atomic E-state index is 0.580. The van der Waals surface area contributed by atoms with Crippen LogP contribution >= 0.6 is 0 Å². The average molecular weight is 132 g/mol. The van der Waals surface area contributed by atoms with Gasteiger partial charge in [-0.15, -0.1) is 0 Å². The maximum absolute atomic E-state index is 12.4. The molecule has 0 aliphatic carbocycles. The summed E-state index contributed by atoms with van der Waals surface area (Å²) in [5, 5.41) is 5.24. The molecule has 0 aromatic heterocycles. The van der Waals surface area contributed by atoms with Crippen molar-refractivity contribution in [3.05, 3.63) is 0 Å². The molecular formula is C5H9FN2O. The highest BCUT2D eigenvalue weighted by molar-refractivity contribution is 5.58. The lowest BCUT2D eigenvalue weighted by Crippen LogP contribution is -2.54. The minimum atomic E-state index is -1.21. The highest BCUT2D eigenvalue weighted by Gasteiger charge is 2.22. The molecule has 2 atom stereocenters. The Balaban J connectivity index is 2.38. The van der Waals surface area contributed by atoms with Crippen molar-refractivity contribution in [2.45, 2.75) is 12.3 Å². The lowest BCUT2D eigenvalue weighted by molar-refractivity contribution is -0.111. The van der Waals surface area contributed by atoms with Crippen molar-refractivity contribution in [3.8, 4) is 0 Å². The van der Waals surface area contributed by atoms with Crippen LogP contribution in [0.4, 0.5) is 4.39 Å². The summed E-state index contributed by atoms with van der Waals surface area (Å²) in [7, 11) is 0. The molecule has 1 aliphatic heterocycles. The third-order valence-electron chi connectivity index (χ3n) is 1.31. The van der Waals surface area contributed by atoms with Gasteiger partial charge in [0.15, 0.2) is 6.30 Å². The van der Waals surface area contributed by atoms with Crippen LogP contribution in [-0.4, -0.2) is 31.7 Å². The maximum Gasteiger partial charge on any atom is 0.173 e. The van der Waals surface area contributed by atoms with Crippen molar-refractivity contribution in [1.29, 1.82) is 0 Å². The van der Waals surface area contributed by atoms with Gasteiger partial charge in [-0.1, -0.05) is 0 Å². The van der Waals surface area contributed by atoms with E-state index in [9.17, 15) is 9.18 Å². The Hall–Kier alpha value is -0.480. The quantitative estimate of drug-likeness (QED) is 0.357. The van der Waals surface area contributed by atoms with E-state index in [0.29, 0.717) is 19.4 Å². The predicted octanol–water partition coefficient (Wildman–Crippen LogP) is -0.958. The number of hydrogen-bond acceptors (Lipinski definition) is 3. The van der Waals surface area contributed by atoms with Gasteiger partial charge < -0.3 is 10.1 Å². The molecule has 1 fully saturated rings. The number of piperazine rings is 1. The zero-order chi connectivity index (χ0) is 6.69. The molecule has 3 nitrogen and oxygen atoms in total. The zero-order valence-corrected chi connectivity index (χ0v) is 4.93. The first kappa shape index (κ1) is 6.64. The molecule has 2 N–H and O–H groups in total. The Labute approximate surface area is 52.6 Å². The number of carbonyl (C=O) groups excluding carboxylic acids is 1. The van der Waals surface area contributed by atoms with Gasteiger partial charge in [-0.25, -0.2) is 4.39 Å². The normalized spacial score (nSPS) is 36.1. The van der Waals surface area contributed by atoms with Gasteiger partial charge in [0.2, 0.25) is 0 Å².